The summed E-state index contributed by atoms with van der Waals surface area (Å²) in [6.07, 6.45) is 1.43. The minimum absolute atomic E-state index is 0.125. The summed E-state index contributed by atoms with van der Waals surface area (Å²) >= 11 is 0. The van der Waals surface area contributed by atoms with Crippen LogP contribution in [0.4, 0.5) is 0 Å². The minimum Gasteiger partial charge on any atom is -0.382 e. The smallest absolute Gasteiger partial charge is 0.229 e. The molecule has 0 spiro atoms. The lowest BCUT2D eigenvalue weighted by Gasteiger charge is -2.21. The van der Waals surface area contributed by atoms with Gasteiger partial charge in [0.2, 0.25) is 5.89 Å². The second kappa shape index (κ2) is 8.21. The van der Waals surface area contributed by atoms with Gasteiger partial charge in [0.25, 0.3) is 0 Å². The van der Waals surface area contributed by atoms with E-state index in [2.05, 4.69) is 15.5 Å². The Bertz CT molecular complexity index is 352. The Morgan fingerprint density at radius 1 is 1.37 bits per heavy atom. The van der Waals surface area contributed by atoms with Crippen molar-refractivity contribution in [2.45, 2.75) is 18.9 Å². The minimum atomic E-state index is 0.125. The van der Waals surface area contributed by atoms with Gasteiger partial charge < -0.3 is 24.1 Å². The molecule has 0 radical (unpaired) electrons. The standard InChI is InChI=1S/C12H21N3O4/c1-16-6-7-17-4-2-11-14-12(19-15-11)8-10-9-13-3-5-18-10/h10,13H,2-9H2,1H3. The van der Waals surface area contributed by atoms with E-state index in [9.17, 15) is 0 Å². The van der Waals surface area contributed by atoms with Crippen LogP contribution in [0.15, 0.2) is 4.52 Å². The zero-order valence-electron chi connectivity index (χ0n) is 11.3. The summed E-state index contributed by atoms with van der Waals surface area (Å²) < 4.78 is 21.0. The molecule has 1 unspecified atom stereocenters. The molecule has 7 nitrogen and oxygen atoms in total. The first-order valence-electron chi connectivity index (χ1n) is 6.59. The van der Waals surface area contributed by atoms with Crippen LogP contribution in [0.3, 0.4) is 0 Å². The molecule has 0 aliphatic carbocycles. The van der Waals surface area contributed by atoms with Crippen molar-refractivity contribution in [1.82, 2.24) is 15.5 Å². The molecule has 2 heterocycles. The number of methoxy groups -OCH3 is 1. The van der Waals surface area contributed by atoms with Crippen molar-refractivity contribution >= 4 is 0 Å². The van der Waals surface area contributed by atoms with E-state index in [0.717, 1.165) is 19.7 Å². The average molecular weight is 271 g/mol. The van der Waals surface area contributed by atoms with Gasteiger partial charge in [-0.05, 0) is 0 Å². The zero-order chi connectivity index (χ0) is 13.3. The van der Waals surface area contributed by atoms with E-state index in [4.69, 9.17) is 18.7 Å². The summed E-state index contributed by atoms with van der Waals surface area (Å²) in [5, 5.41) is 7.20. The summed E-state index contributed by atoms with van der Waals surface area (Å²) in [4.78, 5) is 4.33. The Labute approximate surface area is 112 Å². The van der Waals surface area contributed by atoms with E-state index < -0.39 is 0 Å². The first-order chi connectivity index (χ1) is 9.38. The van der Waals surface area contributed by atoms with Crippen LogP contribution in [-0.4, -0.2) is 62.9 Å². The summed E-state index contributed by atoms with van der Waals surface area (Å²) in [7, 11) is 1.65. The van der Waals surface area contributed by atoms with Gasteiger partial charge in [0.1, 0.15) is 0 Å². The second-order valence-corrected chi connectivity index (χ2v) is 4.36. The second-order valence-electron chi connectivity index (χ2n) is 4.36. The Hall–Kier alpha value is -1.02. The molecule has 19 heavy (non-hydrogen) atoms. The highest BCUT2D eigenvalue weighted by atomic mass is 16.5. The molecule has 1 aromatic rings. The van der Waals surface area contributed by atoms with Gasteiger partial charge >= 0.3 is 0 Å². The van der Waals surface area contributed by atoms with Crippen LogP contribution in [0, 0.1) is 0 Å². The fourth-order valence-corrected chi connectivity index (χ4v) is 1.83. The van der Waals surface area contributed by atoms with E-state index in [1.807, 2.05) is 0 Å². The monoisotopic (exact) mass is 271 g/mol. The van der Waals surface area contributed by atoms with E-state index in [1.54, 1.807) is 7.11 Å². The first-order valence-corrected chi connectivity index (χ1v) is 6.59. The van der Waals surface area contributed by atoms with Gasteiger partial charge in [-0.1, -0.05) is 5.16 Å². The molecule has 2 rings (SSSR count). The molecule has 0 amide bonds. The van der Waals surface area contributed by atoms with Crippen LogP contribution in [0.1, 0.15) is 11.7 Å². The van der Waals surface area contributed by atoms with Crippen molar-refractivity contribution in [3.05, 3.63) is 11.7 Å². The van der Waals surface area contributed by atoms with Crippen LogP contribution >= 0.6 is 0 Å². The fourth-order valence-electron chi connectivity index (χ4n) is 1.83. The Kier molecular flexibility index (Phi) is 6.22. The lowest BCUT2D eigenvalue weighted by molar-refractivity contribution is 0.0246. The predicted molar refractivity (Wildman–Crippen MR) is 67.0 cm³/mol. The highest BCUT2D eigenvalue weighted by Gasteiger charge is 2.17. The molecular weight excluding hydrogens is 250 g/mol. The first kappa shape index (κ1) is 14.4. The number of hydrogen-bond donors (Lipinski definition) is 1. The maximum atomic E-state index is 5.59. The van der Waals surface area contributed by atoms with E-state index in [-0.39, 0.29) is 6.10 Å². The lowest BCUT2D eigenvalue weighted by atomic mass is 10.2. The highest BCUT2D eigenvalue weighted by molar-refractivity contribution is 4.89. The van der Waals surface area contributed by atoms with Crippen molar-refractivity contribution in [3.63, 3.8) is 0 Å². The molecule has 1 aliphatic heterocycles. The molecule has 1 aromatic heterocycles. The third-order valence-electron chi connectivity index (χ3n) is 2.82. The average Bonchev–Trinajstić information content (AvgIpc) is 2.87. The van der Waals surface area contributed by atoms with Crippen molar-refractivity contribution in [2.24, 2.45) is 0 Å². The maximum Gasteiger partial charge on any atom is 0.229 e. The van der Waals surface area contributed by atoms with Gasteiger partial charge in [-0.25, -0.2) is 0 Å². The Morgan fingerprint density at radius 2 is 2.32 bits per heavy atom. The Balaban J connectivity index is 1.66. The summed E-state index contributed by atoms with van der Waals surface area (Å²) in [6, 6.07) is 0. The third-order valence-corrected chi connectivity index (χ3v) is 2.82. The van der Waals surface area contributed by atoms with Crippen LogP contribution in [0.5, 0.6) is 0 Å². The molecule has 1 saturated heterocycles. The lowest BCUT2D eigenvalue weighted by Crippen LogP contribution is -2.39. The number of nitrogens with one attached hydrogen (secondary N) is 1. The van der Waals surface area contributed by atoms with Crippen LogP contribution in [0.25, 0.3) is 0 Å². The number of nitrogens with zero attached hydrogens (tertiary/aromatic N) is 2. The molecule has 108 valence electrons. The van der Waals surface area contributed by atoms with Crippen molar-refractivity contribution in [1.29, 1.82) is 0 Å². The maximum absolute atomic E-state index is 5.59. The molecule has 1 N–H and O–H groups in total. The SMILES string of the molecule is COCCOCCc1noc(CC2CNCCO2)n1. The quantitative estimate of drug-likeness (QED) is 0.656. The number of hydrogen-bond acceptors (Lipinski definition) is 7. The van der Waals surface area contributed by atoms with Crippen molar-refractivity contribution in [3.8, 4) is 0 Å². The molecule has 1 aliphatic rings. The molecule has 1 atom stereocenters. The summed E-state index contributed by atoms with van der Waals surface area (Å²) in [5.41, 5.74) is 0. The van der Waals surface area contributed by atoms with Crippen LogP contribution in [-0.2, 0) is 27.1 Å². The molecule has 7 heteroatoms. The number of aromatic nitrogens is 2. The number of morpholine rings is 1. The van der Waals surface area contributed by atoms with Crippen molar-refractivity contribution < 1.29 is 18.7 Å². The van der Waals surface area contributed by atoms with Gasteiger partial charge in [-0.2, -0.15) is 4.98 Å². The Morgan fingerprint density at radius 3 is 3.11 bits per heavy atom. The van der Waals surface area contributed by atoms with E-state index in [0.29, 0.717) is 44.4 Å². The third kappa shape index (κ3) is 5.23. The van der Waals surface area contributed by atoms with Gasteiger partial charge in [0.15, 0.2) is 5.82 Å². The number of ether oxygens (including phenoxy) is 3. The van der Waals surface area contributed by atoms with Gasteiger partial charge in [-0.3, -0.25) is 0 Å². The largest absolute Gasteiger partial charge is 0.382 e. The molecule has 0 aromatic carbocycles. The van der Waals surface area contributed by atoms with Crippen molar-refractivity contribution in [2.75, 3.05) is 46.6 Å². The molecule has 0 saturated carbocycles. The normalized spacial score (nSPS) is 19.7. The van der Waals surface area contributed by atoms with Gasteiger partial charge in [-0.15, -0.1) is 0 Å². The molecule has 0 bridgehead atoms. The van der Waals surface area contributed by atoms with Crippen LogP contribution in [0.2, 0.25) is 0 Å². The van der Waals surface area contributed by atoms with E-state index in [1.165, 1.54) is 0 Å². The summed E-state index contributed by atoms with van der Waals surface area (Å²) in [6.45, 7) is 4.23. The van der Waals surface area contributed by atoms with Gasteiger partial charge in [0.05, 0.1) is 39.0 Å². The highest BCUT2D eigenvalue weighted by Crippen LogP contribution is 2.06. The van der Waals surface area contributed by atoms with E-state index >= 15 is 0 Å². The number of rotatable bonds is 8. The molecular formula is C12H21N3O4. The van der Waals surface area contributed by atoms with Gasteiger partial charge in [0, 0.05) is 26.6 Å². The summed E-state index contributed by atoms with van der Waals surface area (Å²) in [5.74, 6) is 1.30. The zero-order valence-corrected chi connectivity index (χ0v) is 11.3. The van der Waals surface area contributed by atoms with Crippen LogP contribution < -0.4 is 5.32 Å². The fraction of sp³-hybridized carbons (Fsp3) is 0.833. The predicted octanol–water partition coefficient (Wildman–Crippen LogP) is -0.194. The topological polar surface area (TPSA) is 78.6 Å². The molecule has 1 fully saturated rings.